The number of rotatable bonds is 9. The molecular weight excluding hydrogens is 603 g/mol. The number of halogens is 4. The maximum absolute atomic E-state index is 16.8. The maximum atomic E-state index is 16.8. The van der Waals surface area contributed by atoms with Crippen molar-refractivity contribution in [3.63, 3.8) is 0 Å². The van der Waals surface area contributed by atoms with Gasteiger partial charge in [-0.2, -0.15) is 0 Å². The zero-order valence-electron chi connectivity index (χ0n) is 26.1. The van der Waals surface area contributed by atoms with Crippen molar-refractivity contribution in [1.29, 1.82) is 0 Å². The number of methoxy groups -OCH3 is 1. The van der Waals surface area contributed by atoms with E-state index < -0.39 is 65.3 Å². The van der Waals surface area contributed by atoms with Crippen molar-refractivity contribution in [2.75, 3.05) is 20.3 Å². The molecule has 43 heavy (non-hydrogen) atoms. The third kappa shape index (κ3) is 5.11. The highest BCUT2D eigenvalue weighted by Gasteiger charge is 2.58. The number of alkyl halides is 1. The van der Waals surface area contributed by atoms with E-state index in [1.165, 1.54) is 55.5 Å². The van der Waals surface area contributed by atoms with Crippen LogP contribution in [0.1, 0.15) is 75.4 Å². The lowest BCUT2D eigenvalue weighted by Crippen LogP contribution is -2.51. The van der Waals surface area contributed by atoms with Crippen molar-refractivity contribution >= 4 is 35.1 Å². The van der Waals surface area contributed by atoms with Gasteiger partial charge in [0.2, 0.25) is 0 Å². The van der Waals surface area contributed by atoms with Gasteiger partial charge in [0.25, 0.3) is 5.91 Å². The van der Waals surface area contributed by atoms with Gasteiger partial charge < -0.3 is 19.7 Å². The fraction of sp³-hybridized carbons (Fsp3) is 0.375. The second kappa shape index (κ2) is 11.8. The molecule has 1 unspecified atom stereocenters. The summed E-state index contributed by atoms with van der Waals surface area (Å²) in [4.78, 5) is 27.8. The van der Waals surface area contributed by atoms with Crippen molar-refractivity contribution < 1.29 is 42.2 Å². The summed E-state index contributed by atoms with van der Waals surface area (Å²) in [5, 5.41) is 22.4. The van der Waals surface area contributed by atoms with E-state index in [0.717, 1.165) is 17.0 Å². The number of hydrogen-bond acceptors (Lipinski definition) is 5. The van der Waals surface area contributed by atoms with E-state index in [0.29, 0.717) is 5.02 Å². The van der Waals surface area contributed by atoms with Gasteiger partial charge in [0.15, 0.2) is 5.72 Å². The molecule has 5 rings (SSSR count). The molecule has 3 atom stereocenters. The van der Waals surface area contributed by atoms with Crippen molar-refractivity contribution in [1.82, 2.24) is 4.90 Å². The summed E-state index contributed by atoms with van der Waals surface area (Å²) >= 11 is 12.2. The highest BCUT2D eigenvalue weighted by molar-refractivity contribution is 6.30. The van der Waals surface area contributed by atoms with Crippen LogP contribution >= 0.6 is 23.2 Å². The van der Waals surface area contributed by atoms with Gasteiger partial charge in [0.05, 0.1) is 27.7 Å². The molecule has 0 radical (unpaired) electrons. The third-order valence-electron chi connectivity index (χ3n) is 8.55. The molecule has 1 amide bonds. The van der Waals surface area contributed by atoms with Gasteiger partial charge in [-0.25, -0.2) is 8.78 Å². The Morgan fingerprint density at radius 1 is 1.14 bits per heavy atom. The molecule has 7 nitrogen and oxygen atoms in total. The molecule has 3 aromatic carbocycles. The van der Waals surface area contributed by atoms with E-state index in [-0.39, 0.29) is 54.2 Å². The average molecular weight is 638 g/mol. The Morgan fingerprint density at radius 2 is 1.74 bits per heavy atom. The van der Waals surface area contributed by atoms with Crippen LogP contribution in [-0.4, -0.2) is 52.9 Å². The van der Waals surface area contributed by atoms with E-state index in [2.05, 4.69) is 0 Å². The molecule has 1 fully saturated rings. The first-order valence-corrected chi connectivity index (χ1v) is 14.4. The smallest absolute Gasteiger partial charge is 0.305 e. The van der Waals surface area contributed by atoms with Crippen LogP contribution in [0.4, 0.5) is 8.78 Å². The SMILES string of the molecule is [2H]C([2H])([2H])O[C@]1(c2ccc(Cl)cc2)c2c(F)cc(C(O)(CC)C3(F)CCOCC3)cc2C(=O)N1[C@@H](CC(=O)O)c1ccc(Cl)cc1. The van der Waals surface area contributed by atoms with Crippen molar-refractivity contribution in [2.45, 2.75) is 55.6 Å². The predicted octanol–water partition coefficient (Wildman–Crippen LogP) is 6.77. The Labute approximate surface area is 262 Å². The van der Waals surface area contributed by atoms with Crippen LogP contribution in [0.3, 0.4) is 0 Å². The second-order valence-electron chi connectivity index (χ2n) is 10.8. The van der Waals surface area contributed by atoms with Crippen LogP contribution < -0.4 is 0 Å². The lowest BCUT2D eigenvalue weighted by molar-refractivity contribution is -0.155. The number of carboxylic acid groups (broad SMARTS) is 1. The molecule has 0 saturated carbocycles. The number of carbonyl (C=O) groups excluding carboxylic acids is 1. The van der Waals surface area contributed by atoms with E-state index in [4.69, 9.17) is 36.8 Å². The molecule has 2 N–H and O–H groups in total. The zero-order valence-corrected chi connectivity index (χ0v) is 24.6. The second-order valence-corrected chi connectivity index (χ2v) is 11.6. The van der Waals surface area contributed by atoms with Crippen LogP contribution in [0, 0.1) is 5.82 Å². The Kier molecular flexibility index (Phi) is 7.53. The Balaban J connectivity index is 1.85. The van der Waals surface area contributed by atoms with Gasteiger partial charge >= 0.3 is 5.97 Å². The first-order chi connectivity index (χ1) is 21.6. The van der Waals surface area contributed by atoms with Gasteiger partial charge in [0, 0.05) is 48.7 Å². The first kappa shape index (κ1) is 27.5. The summed E-state index contributed by atoms with van der Waals surface area (Å²) in [7, 11) is -3.27. The van der Waals surface area contributed by atoms with Crippen molar-refractivity contribution in [2.24, 2.45) is 0 Å². The van der Waals surface area contributed by atoms with Crippen LogP contribution in [0.2, 0.25) is 10.0 Å². The molecule has 2 aliphatic rings. The number of benzene rings is 3. The number of carbonyl (C=O) groups is 2. The van der Waals surface area contributed by atoms with Gasteiger partial charge in [-0.1, -0.05) is 54.4 Å². The van der Waals surface area contributed by atoms with Crippen molar-refractivity contribution in [3.05, 3.63) is 104 Å². The number of ether oxygens (including phenoxy) is 2. The first-order valence-electron chi connectivity index (χ1n) is 15.2. The molecule has 1 saturated heterocycles. The van der Waals surface area contributed by atoms with Crippen LogP contribution in [-0.2, 0) is 25.6 Å². The Bertz CT molecular complexity index is 1640. The largest absolute Gasteiger partial charge is 0.481 e. The molecule has 2 aliphatic heterocycles. The summed E-state index contributed by atoms with van der Waals surface area (Å²) in [5.74, 6) is -3.53. The number of nitrogens with zero attached hydrogens (tertiary/aromatic N) is 1. The summed E-state index contributed by atoms with van der Waals surface area (Å²) in [6.07, 6.45) is -1.32. The predicted molar refractivity (Wildman–Crippen MR) is 156 cm³/mol. The summed E-state index contributed by atoms with van der Waals surface area (Å²) in [5.41, 5.74) is -8.09. The van der Waals surface area contributed by atoms with Gasteiger partial charge in [-0.3, -0.25) is 14.5 Å². The maximum Gasteiger partial charge on any atom is 0.305 e. The Hall–Kier alpha value is -3.08. The number of fused-ring (bicyclic) bond motifs is 1. The zero-order chi connectivity index (χ0) is 33.7. The normalized spacial score (nSPS) is 23.1. The number of amides is 1. The lowest BCUT2D eigenvalue weighted by Gasteiger charge is -2.44. The number of aliphatic carboxylic acids is 1. The van der Waals surface area contributed by atoms with Crippen LogP contribution in [0.15, 0.2) is 60.7 Å². The highest BCUT2D eigenvalue weighted by Crippen LogP contribution is 2.53. The van der Waals surface area contributed by atoms with E-state index >= 15 is 8.78 Å². The molecule has 228 valence electrons. The topological polar surface area (TPSA) is 96.3 Å². The number of hydrogen-bond donors (Lipinski definition) is 2. The van der Waals surface area contributed by atoms with Gasteiger partial charge in [-0.15, -0.1) is 0 Å². The minimum absolute atomic E-state index is 0.0169. The average Bonchev–Trinajstić information content (AvgIpc) is 3.23. The van der Waals surface area contributed by atoms with E-state index in [1.807, 2.05) is 0 Å². The summed E-state index contributed by atoms with van der Waals surface area (Å²) in [6, 6.07) is 11.9. The fourth-order valence-electron chi connectivity index (χ4n) is 6.33. The van der Waals surface area contributed by atoms with Crippen LogP contribution in [0.5, 0.6) is 0 Å². The molecule has 11 heteroatoms. The molecule has 2 heterocycles. The molecular formula is C32H31Cl2F2NO6. The monoisotopic (exact) mass is 636 g/mol. The van der Waals surface area contributed by atoms with Crippen LogP contribution in [0.25, 0.3) is 0 Å². The standard InChI is InChI=1S/C32H31Cl2F2NO6/c1-3-31(41,30(36)12-14-43-15-13-30)21-16-24-28(25(35)17-21)32(42-2,20-6-10-23(34)11-7-20)37(29(24)40)26(18-27(38)39)19-4-8-22(33)9-5-19/h4-11,16-17,26,41H,3,12-15,18H2,1-2H3,(H,38,39)/t26-,31?,32+/m0/s1/i2D3. The van der Waals surface area contributed by atoms with Crippen molar-refractivity contribution in [3.8, 4) is 0 Å². The minimum atomic E-state index is -3.27. The number of aliphatic hydroxyl groups is 1. The third-order valence-corrected chi connectivity index (χ3v) is 9.05. The minimum Gasteiger partial charge on any atom is -0.481 e. The lowest BCUT2D eigenvalue weighted by atomic mass is 9.72. The van der Waals surface area contributed by atoms with Gasteiger partial charge in [-0.05, 0) is 53.9 Å². The van der Waals surface area contributed by atoms with E-state index in [1.54, 1.807) is 0 Å². The summed E-state index contributed by atoms with van der Waals surface area (Å²) < 4.78 is 68.6. The molecule has 3 aromatic rings. The summed E-state index contributed by atoms with van der Waals surface area (Å²) in [6.45, 7) is 1.56. The van der Waals surface area contributed by atoms with Gasteiger partial charge in [0.1, 0.15) is 17.1 Å². The Morgan fingerprint density at radius 3 is 2.30 bits per heavy atom. The van der Waals surface area contributed by atoms with E-state index in [9.17, 15) is 19.8 Å². The quantitative estimate of drug-likeness (QED) is 0.269. The molecule has 0 aromatic heterocycles. The molecule has 0 aliphatic carbocycles. The molecule has 0 spiro atoms. The number of carboxylic acids is 1. The highest BCUT2D eigenvalue weighted by atomic mass is 35.5. The fourth-order valence-corrected chi connectivity index (χ4v) is 6.58. The molecule has 0 bridgehead atoms.